The van der Waals surface area contributed by atoms with Crippen LogP contribution in [0.4, 0.5) is 22.2 Å². The van der Waals surface area contributed by atoms with Gasteiger partial charge in [0.2, 0.25) is 0 Å². The van der Waals surface area contributed by atoms with E-state index in [0.717, 1.165) is 17.4 Å². The predicted octanol–water partition coefficient (Wildman–Crippen LogP) is 3.65. The summed E-state index contributed by atoms with van der Waals surface area (Å²) in [6.07, 6.45) is -1.23. The van der Waals surface area contributed by atoms with Crippen molar-refractivity contribution in [2.24, 2.45) is 0 Å². The number of benzene rings is 2. The minimum absolute atomic E-state index is 0.0643. The fourth-order valence-electron chi connectivity index (χ4n) is 3.60. The summed E-state index contributed by atoms with van der Waals surface area (Å²) in [6.45, 7) is 3.22. The Hall–Kier alpha value is -4.43. The van der Waals surface area contributed by atoms with Crippen LogP contribution in [0, 0.1) is 20.2 Å². The molecule has 1 amide bonds. The van der Waals surface area contributed by atoms with Gasteiger partial charge in [-0.2, -0.15) is 0 Å². The van der Waals surface area contributed by atoms with E-state index >= 15 is 0 Å². The molecule has 1 saturated heterocycles. The van der Waals surface area contributed by atoms with Crippen LogP contribution in [0.15, 0.2) is 47.8 Å². The van der Waals surface area contributed by atoms with Gasteiger partial charge in [0.05, 0.1) is 34.3 Å². The molecule has 192 valence electrons. The molecule has 0 bridgehead atoms. The maximum atomic E-state index is 12.6. The molecule has 0 radical (unpaired) electrons. The van der Waals surface area contributed by atoms with E-state index in [-0.39, 0.29) is 22.1 Å². The normalized spacial score (nSPS) is 14.0. The van der Waals surface area contributed by atoms with Gasteiger partial charge in [-0.15, -0.1) is 11.3 Å². The third-order valence-corrected chi connectivity index (χ3v) is 6.26. The van der Waals surface area contributed by atoms with Crippen molar-refractivity contribution in [3.8, 4) is 11.3 Å². The van der Waals surface area contributed by atoms with Crippen molar-refractivity contribution in [1.29, 1.82) is 0 Å². The van der Waals surface area contributed by atoms with E-state index in [0.29, 0.717) is 43.2 Å². The number of carbonyl (C=O) groups excluding carboxylic acids is 2. The molecule has 0 spiro atoms. The van der Waals surface area contributed by atoms with Crippen LogP contribution in [-0.2, 0) is 14.3 Å². The van der Waals surface area contributed by atoms with Crippen LogP contribution in [0.1, 0.15) is 17.3 Å². The number of nitro benzene ring substituents is 2. The summed E-state index contributed by atoms with van der Waals surface area (Å²) in [7, 11) is 0. The van der Waals surface area contributed by atoms with Crippen LogP contribution in [0.3, 0.4) is 0 Å². The van der Waals surface area contributed by atoms with Crippen molar-refractivity contribution >= 4 is 45.4 Å². The largest absolute Gasteiger partial charge is 0.449 e. The molecule has 13 nitrogen and oxygen atoms in total. The van der Waals surface area contributed by atoms with Gasteiger partial charge in [0.25, 0.3) is 17.3 Å². The second-order valence-corrected chi connectivity index (χ2v) is 8.80. The molecule has 1 atom stereocenters. The number of morpholine rings is 1. The fourth-order valence-corrected chi connectivity index (χ4v) is 4.32. The highest BCUT2D eigenvalue weighted by Gasteiger charge is 2.26. The molecule has 1 aliphatic heterocycles. The summed E-state index contributed by atoms with van der Waals surface area (Å²) in [4.78, 5) is 52.8. The number of carbonyl (C=O) groups is 2. The van der Waals surface area contributed by atoms with Crippen molar-refractivity contribution in [2.45, 2.75) is 13.0 Å². The summed E-state index contributed by atoms with van der Waals surface area (Å²) >= 11 is 1.10. The number of nitrogens with one attached hydrogen (secondary N) is 1. The molecule has 1 aromatic heterocycles. The Kier molecular flexibility index (Phi) is 7.69. The van der Waals surface area contributed by atoms with Crippen LogP contribution in [0.25, 0.3) is 11.3 Å². The number of ether oxygens (including phenoxy) is 2. The second kappa shape index (κ2) is 11.1. The van der Waals surface area contributed by atoms with Gasteiger partial charge >= 0.3 is 5.97 Å². The fraction of sp³-hybridized carbons (Fsp3) is 0.261. The quantitative estimate of drug-likeness (QED) is 0.259. The van der Waals surface area contributed by atoms with E-state index in [1.54, 1.807) is 11.4 Å². The van der Waals surface area contributed by atoms with Crippen molar-refractivity contribution in [2.75, 3.05) is 36.5 Å². The van der Waals surface area contributed by atoms with E-state index in [4.69, 9.17) is 9.47 Å². The summed E-state index contributed by atoms with van der Waals surface area (Å²) in [5.41, 5.74) is 0.915. The number of nitrogens with zero attached hydrogens (tertiary/aromatic N) is 4. The Bertz CT molecular complexity index is 1350. The van der Waals surface area contributed by atoms with Gasteiger partial charge in [-0.05, 0) is 19.1 Å². The number of nitro groups is 2. The molecule has 0 aliphatic carbocycles. The van der Waals surface area contributed by atoms with Crippen LogP contribution in [-0.4, -0.2) is 59.1 Å². The van der Waals surface area contributed by atoms with Gasteiger partial charge in [0, 0.05) is 42.2 Å². The number of aromatic nitrogens is 1. The lowest BCUT2D eigenvalue weighted by Crippen LogP contribution is -2.36. The summed E-state index contributed by atoms with van der Waals surface area (Å²) in [6, 6.07) is 9.94. The molecule has 1 aliphatic rings. The van der Waals surface area contributed by atoms with Gasteiger partial charge in [0.1, 0.15) is 5.69 Å². The molecule has 2 heterocycles. The minimum Gasteiger partial charge on any atom is -0.449 e. The molecule has 1 fully saturated rings. The number of esters is 1. The smallest absolute Gasteiger partial charge is 0.339 e. The highest BCUT2D eigenvalue weighted by atomic mass is 32.1. The molecule has 14 heteroatoms. The molecular formula is C23H21N5O8S. The summed E-state index contributed by atoms with van der Waals surface area (Å²) in [5, 5.41) is 27.0. The molecule has 1 N–H and O–H groups in total. The van der Waals surface area contributed by atoms with E-state index < -0.39 is 27.8 Å². The first-order chi connectivity index (χ1) is 17.7. The van der Waals surface area contributed by atoms with E-state index in [9.17, 15) is 29.8 Å². The zero-order chi connectivity index (χ0) is 26.5. The Morgan fingerprint density at radius 1 is 1.14 bits per heavy atom. The lowest BCUT2D eigenvalue weighted by Gasteiger charge is -2.28. The first kappa shape index (κ1) is 25.7. The second-order valence-electron chi connectivity index (χ2n) is 7.94. The number of non-ortho nitro benzene ring substituents is 1. The standard InChI is InChI=1S/C23H21N5O8S/c1-14(21(29)25-23-24-18(13-37-23)15-3-2-4-17(11-15)27(31)32)36-22(30)16-5-6-19(20(12-16)28(33)34)26-7-9-35-10-8-26/h2-6,11-14H,7-10H2,1H3,(H,24,25,29). The van der Waals surface area contributed by atoms with Crippen LogP contribution < -0.4 is 10.2 Å². The van der Waals surface area contributed by atoms with Crippen LogP contribution in [0.5, 0.6) is 0 Å². The maximum absolute atomic E-state index is 12.6. The van der Waals surface area contributed by atoms with Gasteiger partial charge in [0.15, 0.2) is 11.2 Å². The van der Waals surface area contributed by atoms with Crippen molar-refractivity contribution in [1.82, 2.24) is 4.98 Å². The first-order valence-electron chi connectivity index (χ1n) is 11.1. The number of hydrogen-bond acceptors (Lipinski definition) is 11. The topological polar surface area (TPSA) is 167 Å². The highest BCUT2D eigenvalue weighted by Crippen LogP contribution is 2.31. The molecule has 0 saturated carbocycles. The molecule has 2 aromatic carbocycles. The Morgan fingerprint density at radius 3 is 2.59 bits per heavy atom. The van der Waals surface area contributed by atoms with Crippen molar-refractivity contribution in [3.05, 3.63) is 73.6 Å². The number of thiazole rings is 1. The molecule has 37 heavy (non-hydrogen) atoms. The molecular weight excluding hydrogens is 506 g/mol. The lowest BCUT2D eigenvalue weighted by atomic mass is 10.1. The first-order valence-corrected chi connectivity index (χ1v) is 11.9. The van der Waals surface area contributed by atoms with Crippen LogP contribution in [0.2, 0.25) is 0 Å². The highest BCUT2D eigenvalue weighted by molar-refractivity contribution is 7.14. The van der Waals surface area contributed by atoms with E-state index in [2.05, 4.69) is 10.3 Å². The van der Waals surface area contributed by atoms with Gasteiger partial charge in [-0.25, -0.2) is 9.78 Å². The number of hydrogen-bond donors (Lipinski definition) is 1. The summed E-state index contributed by atoms with van der Waals surface area (Å²) < 4.78 is 10.5. The van der Waals surface area contributed by atoms with Gasteiger partial charge < -0.3 is 14.4 Å². The zero-order valence-electron chi connectivity index (χ0n) is 19.5. The number of anilines is 2. The molecule has 1 unspecified atom stereocenters. The average Bonchev–Trinajstić information content (AvgIpc) is 3.37. The SMILES string of the molecule is CC(OC(=O)c1ccc(N2CCOCC2)c([N+](=O)[O-])c1)C(=O)Nc1nc(-c2cccc([N+](=O)[O-])c2)cs1. The number of amides is 1. The molecule has 4 rings (SSSR count). The monoisotopic (exact) mass is 527 g/mol. The van der Waals surface area contributed by atoms with Crippen molar-refractivity contribution < 1.29 is 28.9 Å². The number of rotatable bonds is 8. The van der Waals surface area contributed by atoms with E-state index in [1.165, 1.54) is 37.3 Å². The Labute approximate surface area is 213 Å². The third kappa shape index (κ3) is 6.05. The summed E-state index contributed by atoms with van der Waals surface area (Å²) in [5.74, 6) is -1.55. The van der Waals surface area contributed by atoms with Crippen LogP contribution >= 0.6 is 11.3 Å². The van der Waals surface area contributed by atoms with E-state index in [1.807, 2.05) is 4.90 Å². The Morgan fingerprint density at radius 2 is 1.89 bits per heavy atom. The predicted molar refractivity (Wildman–Crippen MR) is 134 cm³/mol. The lowest BCUT2D eigenvalue weighted by molar-refractivity contribution is -0.384. The van der Waals surface area contributed by atoms with Gasteiger partial charge in [-0.1, -0.05) is 12.1 Å². The Balaban J connectivity index is 1.41. The van der Waals surface area contributed by atoms with Gasteiger partial charge in [-0.3, -0.25) is 30.3 Å². The zero-order valence-corrected chi connectivity index (χ0v) is 20.3. The van der Waals surface area contributed by atoms with Crippen molar-refractivity contribution in [3.63, 3.8) is 0 Å². The molecule has 3 aromatic rings. The minimum atomic E-state index is -1.23. The third-order valence-electron chi connectivity index (χ3n) is 5.50. The maximum Gasteiger partial charge on any atom is 0.339 e. The average molecular weight is 528 g/mol.